The molecule has 2 aromatic rings. The standard InChI is InChI=1S/C22H26N2O4S.Ca.2H/c1-15(25)28-20-21(16-9-11-17(27-4)12-10-16)29-19-8-6-5-7-18(19)24(22(20)26)14-13-23(2)3;;;/h5-12,20-21H,13-14H2,1-4H3;;;/t20-,21+;;;/m1.../s1. The molecule has 1 aliphatic rings. The molecule has 8 heteroatoms. The van der Waals surface area contributed by atoms with E-state index in [4.69, 9.17) is 9.47 Å². The molecule has 0 bridgehead atoms. The average molecular weight is 457 g/mol. The van der Waals surface area contributed by atoms with Crippen LogP contribution in [-0.4, -0.2) is 94.9 Å². The van der Waals surface area contributed by atoms with Gasteiger partial charge in [0.05, 0.1) is 18.0 Å². The van der Waals surface area contributed by atoms with E-state index >= 15 is 0 Å². The Morgan fingerprint density at radius 3 is 2.40 bits per heavy atom. The molecule has 0 spiro atoms. The fourth-order valence-electron chi connectivity index (χ4n) is 3.24. The predicted molar refractivity (Wildman–Crippen MR) is 123 cm³/mol. The first kappa shape index (κ1) is 25.0. The first-order valence-electron chi connectivity index (χ1n) is 9.43. The molecule has 0 radical (unpaired) electrons. The zero-order valence-electron chi connectivity index (χ0n) is 17.1. The third-order valence-corrected chi connectivity index (χ3v) is 6.07. The van der Waals surface area contributed by atoms with Crippen molar-refractivity contribution in [1.29, 1.82) is 0 Å². The number of rotatable bonds is 6. The quantitative estimate of drug-likeness (QED) is 0.492. The Balaban J connectivity index is 0.00000320. The van der Waals surface area contributed by atoms with E-state index in [0.29, 0.717) is 13.1 Å². The van der Waals surface area contributed by atoms with Gasteiger partial charge >= 0.3 is 43.7 Å². The summed E-state index contributed by atoms with van der Waals surface area (Å²) in [6.45, 7) is 2.55. The molecule has 30 heavy (non-hydrogen) atoms. The average Bonchev–Trinajstić information content (AvgIpc) is 2.81. The van der Waals surface area contributed by atoms with Crippen LogP contribution in [0.25, 0.3) is 0 Å². The van der Waals surface area contributed by atoms with Crippen LogP contribution < -0.4 is 9.64 Å². The fourth-order valence-corrected chi connectivity index (χ4v) is 4.56. The Morgan fingerprint density at radius 2 is 1.80 bits per heavy atom. The van der Waals surface area contributed by atoms with Crippen molar-refractivity contribution in [1.82, 2.24) is 4.90 Å². The van der Waals surface area contributed by atoms with Gasteiger partial charge in [0.2, 0.25) is 0 Å². The monoisotopic (exact) mass is 456 g/mol. The van der Waals surface area contributed by atoms with Gasteiger partial charge in [-0.25, -0.2) is 0 Å². The summed E-state index contributed by atoms with van der Waals surface area (Å²) in [6, 6.07) is 15.4. The molecule has 1 heterocycles. The van der Waals surface area contributed by atoms with Gasteiger partial charge in [0.1, 0.15) is 5.75 Å². The molecule has 2 aromatic carbocycles. The molecule has 2 atom stereocenters. The van der Waals surface area contributed by atoms with E-state index < -0.39 is 12.1 Å². The summed E-state index contributed by atoms with van der Waals surface area (Å²) in [4.78, 5) is 30.2. The Morgan fingerprint density at radius 1 is 1.13 bits per heavy atom. The normalized spacial score (nSPS) is 18.3. The van der Waals surface area contributed by atoms with E-state index in [9.17, 15) is 9.59 Å². The summed E-state index contributed by atoms with van der Waals surface area (Å²) in [5, 5.41) is -0.359. The van der Waals surface area contributed by atoms with Crippen molar-refractivity contribution < 1.29 is 19.1 Å². The molecule has 6 nitrogen and oxygen atoms in total. The number of benzene rings is 2. The summed E-state index contributed by atoms with van der Waals surface area (Å²) in [7, 11) is 5.54. The number of carbonyl (C=O) groups is 2. The van der Waals surface area contributed by atoms with Gasteiger partial charge in [-0.15, -0.1) is 11.8 Å². The SMILES string of the molecule is COc1ccc([C@@H]2Sc3ccccc3N(CCN(C)C)C(=O)[C@@H]2OC(C)=O)cc1.[CaH2]. The number of likely N-dealkylation sites (N-methyl/N-ethyl adjacent to an activating group) is 1. The number of hydrogen-bond acceptors (Lipinski definition) is 6. The topological polar surface area (TPSA) is 59.1 Å². The Kier molecular flexibility index (Phi) is 9.50. The van der Waals surface area contributed by atoms with Crippen LogP contribution in [0.4, 0.5) is 5.69 Å². The summed E-state index contributed by atoms with van der Waals surface area (Å²) >= 11 is 1.54. The molecular formula is C22H28CaN2O4S. The number of hydrogen-bond donors (Lipinski definition) is 0. The van der Waals surface area contributed by atoms with E-state index in [1.54, 1.807) is 23.8 Å². The zero-order chi connectivity index (χ0) is 21.0. The molecular weight excluding hydrogens is 428 g/mol. The molecule has 0 aliphatic carbocycles. The van der Waals surface area contributed by atoms with Crippen LogP contribution in [0, 0.1) is 0 Å². The van der Waals surface area contributed by atoms with Crippen molar-refractivity contribution >= 4 is 67.1 Å². The number of methoxy groups -OCH3 is 1. The van der Waals surface area contributed by atoms with Gasteiger partial charge in [0, 0.05) is 24.9 Å². The van der Waals surface area contributed by atoms with E-state index in [2.05, 4.69) is 0 Å². The maximum absolute atomic E-state index is 13.6. The second kappa shape index (κ2) is 11.4. The van der Waals surface area contributed by atoms with E-state index in [0.717, 1.165) is 21.9 Å². The molecule has 1 aliphatic heterocycles. The second-order valence-corrected chi connectivity index (χ2v) is 8.29. The van der Waals surface area contributed by atoms with Gasteiger partial charge < -0.3 is 19.3 Å². The van der Waals surface area contributed by atoms with Crippen LogP contribution in [0.5, 0.6) is 5.75 Å². The molecule has 0 saturated heterocycles. The minimum atomic E-state index is -0.916. The number of thioether (sulfide) groups is 1. The molecule has 0 unspecified atom stereocenters. The Bertz CT molecular complexity index is 876. The summed E-state index contributed by atoms with van der Waals surface area (Å²) in [5.41, 5.74) is 1.75. The van der Waals surface area contributed by atoms with Gasteiger partial charge in [0.25, 0.3) is 5.91 Å². The number of fused-ring (bicyclic) bond motifs is 1. The van der Waals surface area contributed by atoms with E-state index in [1.807, 2.05) is 67.5 Å². The van der Waals surface area contributed by atoms with Gasteiger partial charge in [-0.3, -0.25) is 9.59 Å². The van der Waals surface area contributed by atoms with Crippen molar-refractivity contribution in [3.8, 4) is 5.75 Å². The number of amides is 1. The van der Waals surface area contributed by atoms with Crippen molar-refractivity contribution in [2.24, 2.45) is 0 Å². The van der Waals surface area contributed by atoms with Crippen molar-refractivity contribution in [2.75, 3.05) is 39.2 Å². The van der Waals surface area contributed by atoms with Gasteiger partial charge in [0.15, 0.2) is 6.10 Å². The van der Waals surface area contributed by atoms with E-state index in [1.165, 1.54) is 6.92 Å². The second-order valence-electron chi connectivity index (χ2n) is 7.10. The number of carbonyl (C=O) groups excluding carboxylic acids is 2. The van der Waals surface area contributed by atoms with Crippen LogP contribution in [0.15, 0.2) is 53.4 Å². The number of anilines is 1. The van der Waals surface area contributed by atoms with Crippen LogP contribution in [0.3, 0.4) is 0 Å². The molecule has 158 valence electrons. The van der Waals surface area contributed by atoms with Crippen molar-refractivity contribution in [3.05, 3.63) is 54.1 Å². The van der Waals surface area contributed by atoms with Crippen LogP contribution in [0.1, 0.15) is 17.7 Å². The van der Waals surface area contributed by atoms with E-state index in [-0.39, 0.29) is 48.9 Å². The molecule has 3 rings (SSSR count). The van der Waals surface area contributed by atoms with Crippen molar-refractivity contribution in [3.63, 3.8) is 0 Å². The van der Waals surface area contributed by atoms with Crippen LogP contribution in [0.2, 0.25) is 0 Å². The van der Waals surface area contributed by atoms with Crippen molar-refractivity contribution in [2.45, 2.75) is 23.2 Å². The van der Waals surface area contributed by atoms with Gasteiger partial charge in [-0.1, -0.05) is 24.3 Å². The molecule has 0 aromatic heterocycles. The number of ether oxygens (including phenoxy) is 2. The Hall–Kier alpha value is -1.25. The van der Waals surface area contributed by atoms with Gasteiger partial charge in [-0.05, 0) is 43.9 Å². The molecule has 0 fully saturated rings. The summed E-state index contributed by atoms with van der Waals surface area (Å²) in [5.74, 6) is 0.0528. The van der Waals surface area contributed by atoms with Crippen LogP contribution in [-0.2, 0) is 14.3 Å². The summed E-state index contributed by atoms with van der Waals surface area (Å²) < 4.78 is 10.8. The molecule has 0 N–H and O–H groups in total. The number of para-hydroxylation sites is 1. The third kappa shape index (κ3) is 5.92. The first-order valence-corrected chi connectivity index (χ1v) is 10.3. The Labute approximate surface area is 211 Å². The number of esters is 1. The van der Waals surface area contributed by atoms with Crippen LogP contribution >= 0.6 is 11.8 Å². The zero-order valence-corrected chi connectivity index (χ0v) is 17.9. The third-order valence-electron chi connectivity index (χ3n) is 4.70. The first-order chi connectivity index (χ1) is 13.9. The fraction of sp³-hybridized carbons (Fsp3) is 0.364. The minimum absolute atomic E-state index is 0. The maximum atomic E-state index is 13.6. The van der Waals surface area contributed by atoms with Gasteiger partial charge in [-0.2, -0.15) is 0 Å². The summed E-state index contributed by atoms with van der Waals surface area (Å²) in [6.07, 6.45) is -0.916. The predicted octanol–water partition coefficient (Wildman–Crippen LogP) is 2.45. The molecule has 1 amide bonds. The molecule has 0 saturated carbocycles. The number of nitrogens with zero attached hydrogens (tertiary/aromatic N) is 2.